The van der Waals surface area contributed by atoms with Crippen molar-refractivity contribution in [2.45, 2.75) is 34.2 Å². The van der Waals surface area contributed by atoms with E-state index in [2.05, 4.69) is 32.5 Å². The average molecular weight is 252 g/mol. The molecule has 4 heteroatoms. The van der Waals surface area contributed by atoms with Crippen molar-refractivity contribution in [3.8, 4) is 0 Å². The molecule has 102 valence electrons. The summed E-state index contributed by atoms with van der Waals surface area (Å²) in [4.78, 5) is 12.4. The molecule has 0 atom stereocenters. The monoisotopic (exact) mass is 252 g/mol. The number of carbonyl (C=O) groups excluding carboxylic acids is 1. The van der Waals surface area contributed by atoms with Crippen LogP contribution in [0.25, 0.3) is 0 Å². The van der Waals surface area contributed by atoms with Gasteiger partial charge in [0.2, 0.25) is 0 Å². The molecule has 0 radical (unpaired) electrons. The van der Waals surface area contributed by atoms with Crippen molar-refractivity contribution in [1.82, 2.24) is 4.57 Å². The maximum Gasteiger partial charge on any atom is 0.0835 e. The van der Waals surface area contributed by atoms with Gasteiger partial charge in [-0.2, -0.15) is 0 Å². The predicted octanol–water partition coefficient (Wildman–Crippen LogP) is -0.361. The summed E-state index contributed by atoms with van der Waals surface area (Å²) in [6.45, 7) is 10.1. The molecule has 1 heterocycles. The van der Waals surface area contributed by atoms with Crippen LogP contribution >= 0.6 is 0 Å². The molecule has 0 aliphatic heterocycles. The van der Waals surface area contributed by atoms with E-state index >= 15 is 0 Å². The third kappa shape index (κ3) is 3.35. The van der Waals surface area contributed by atoms with Gasteiger partial charge in [-0.25, -0.2) is 0 Å². The Hall–Kier alpha value is -1.29. The zero-order valence-electron chi connectivity index (χ0n) is 12.3. The number of carboxylic acids is 1. The second kappa shape index (κ2) is 5.14. The summed E-state index contributed by atoms with van der Waals surface area (Å²) in [5.74, 6) is -1.09. The smallest absolute Gasteiger partial charge is 0.0835 e. The fraction of sp³-hybridized carbons (Fsp3) is 0.643. The Morgan fingerprint density at radius 3 is 2.33 bits per heavy atom. The number of hydrogen-bond acceptors (Lipinski definition) is 2. The molecule has 0 bridgehead atoms. The summed E-state index contributed by atoms with van der Waals surface area (Å²) in [6.07, 6.45) is 0. The Kier molecular flexibility index (Phi) is 4.22. The van der Waals surface area contributed by atoms with E-state index in [4.69, 9.17) is 0 Å². The lowest BCUT2D eigenvalue weighted by Gasteiger charge is -2.28. The Morgan fingerprint density at radius 1 is 1.39 bits per heavy atom. The Balaban J connectivity index is 3.01. The summed E-state index contributed by atoms with van der Waals surface area (Å²) < 4.78 is 2.08. The van der Waals surface area contributed by atoms with Crippen molar-refractivity contribution in [1.29, 1.82) is 0 Å². The molecular weight excluding hydrogens is 228 g/mol. The Bertz CT molecular complexity index is 445. The minimum Gasteiger partial charge on any atom is -0.545 e. The SMILES string of the molecule is Cc1cc(C(=O)[O-])c(C)n1CC(C)(C)C[NH+](C)C. The van der Waals surface area contributed by atoms with E-state index in [0.29, 0.717) is 5.56 Å². The molecule has 0 aliphatic rings. The first-order valence-electron chi connectivity index (χ1n) is 6.31. The summed E-state index contributed by atoms with van der Waals surface area (Å²) in [7, 11) is 4.26. The van der Waals surface area contributed by atoms with Crippen molar-refractivity contribution in [2.24, 2.45) is 5.41 Å². The molecule has 18 heavy (non-hydrogen) atoms. The van der Waals surface area contributed by atoms with Gasteiger partial charge < -0.3 is 19.4 Å². The first-order valence-corrected chi connectivity index (χ1v) is 6.31. The van der Waals surface area contributed by atoms with Crippen LogP contribution in [0, 0.1) is 19.3 Å². The van der Waals surface area contributed by atoms with Crippen molar-refractivity contribution >= 4 is 5.97 Å². The molecule has 4 nitrogen and oxygen atoms in total. The second-order valence-electron chi connectivity index (χ2n) is 6.21. The molecule has 0 saturated carbocycles. The van der Waals surface area contributed by atoms with Crippen LogP contribution in [0.2, 0.25) is 0 Å². The Morgan fingerprint density at radius 2 is 1.94 bits per heavy atom. The highest BCUT2D eigenvalue weighted by Crippen LogP contribution is 2.22. The quantitative estimate of drug-likeness (QED) is 0.778. The van der Waals surface area contributed by atoms with E-state index in [1.54, 1.807) is 6.07 Å². The fourth-order valence-electron chi connectivity index (χ4n) is 2.69. The Labute approximate surface area is 109 Å². The second-order valence-corrected chi connectivity index (χ2v) is 6.21. The molecule has 0 aliphatic carbocycles. The molecule has 0 saturated heterocycles. The van der Waals surface area contributed by atoms with Crippen molar-refractivity contribution in [2.75, 3.05) is 20.6 Å². The highest BCUT2D eigenvalue weighted by atomic mass is 16.4. The number of nitrogens with zero attached hydrogens (tertiary/aromatic N) is 1. The van der Waals surface area contributed by atoms with E-state index < -0.39 is 5.97 Å². The van der Waals surface area contributed by atoms with Crippen molar-refractivity contribution in [3.05, 3.63) is 23.0 Å². The molecule has 1 rings (SSSR count). The number of hydrogen-bond donors (Lipinski definition) is 1. The topological polar surface area (TPSA) is 49.5 Å². The highest BCUT2D eigenvalue weighted by molar-refractivity contribution is 5.87. The van der Waals surface area contributed by atoms with Gasteiger partial charge in [0.15, 0.2) is 0 Å². The van der Waals surface area contributed by atoms with Gasteiger partial charge in [0.25, 0.3) is 0 Å². The lowest BCUT2D eigenvalue weighted by Crippen LogP contribution is -3.07. The molecule has 1 aromatic rings. The lowest BCUT2D eigenvalue weighted by atomic mass is 9.92. The van der Waals surface area contributed by atoms with Crippen LogP contribution in [-0.2, 0) is 6.54 Å². The molecule has 1 N–H and O–H groups in total. The largest absolute Gasteiger partial charge is 0.545 e. The maximum absolute atomic E-state index is 11.0. The van der Waals surface area contributed by atoms with Gasteiger partial charge in [-0.3, -0.25) is 0 Å². The van der Waals surface area contributed by atoms with Crippen molar-refractivity contribution in [3.63, 3.8) is 0 Å². The van der Waals surface area contributed by atoms with Gasteiger partial charge in [-0.15, -0.1) is 0 Å². The summed E-state index contributed by atoms with van der Waals surface area (Å²) >= 11 is 0. The number of aromatic nitrogens is 1. The van der Waals surface area contributed by atoms with Gasteiger partial charge in [-0.05, 0) is 19.9 Å². The molecule has 0 spiro atoms. The van der Waals surface area contributed by atoms with Gasteiger partial charge in [0.05, 0.1) is 26.6 Å². The number of aromatic carboxylic acids is 1. The number of carbonyl (C=O) groups is 1. The maximum atomic E-state index is 11.0. The fourth-order valence-corrected chi connectivity index (χ4v) is 2.69. The number of rotatable bonds is 5. The van der Waals surface area contributed by atoms with E-state index in [1.165, 1.54) is 4.90 Å². The lowest BCUT2D eigenvalue weighted by molar-refractivity contribution is -0.865. The van der Waals surface area contributed by atoms with Crippen LogP contribution in [-0.4, -0.2) is 31.2 Å². The first kappa shape index (κ1) is 14.8. The van der Waals surface area contributed by atoms with E-state index in [1.807, 2.05) is 13.8 Å². The zero-order chi connectivity index (χ0) is 14.1. The number of quaternary nitrogens is 1. The average Bonchev–Trinajstić information content (AvgIpc) is 2.43. The highest BCUT2D eigenvalue weighted by Gasteiger charge is 2.24. The van der Waals surface area contributed by atoms with Crippen LogP contribution in [0.1, 0.15) is 35.6 Å². The van der Waals surface area contributed by atoms with E-state index in [9.17, 15) is 9.90 Å². The molecule has 0 fully saturated rings. The molecule has 1 aromatic heterocycles. The van der Waals surface area contributed by atoms with E-state index in [-0.39, 0.29) is 5.41 Å². The van der Waals surface area contributed by atoms with Crippen LogP contribution in [0.5, 0.6) is 0 Å². The first-order chi connectivity index (χ1) is 8.14. The summed E-state index contributed by atoms with van der Waals surface area (Å²) in [5, 5.41) is 11.0. The zero-order valence-corrected chi connectivity index (χ0v) is 12.3. The van der Waals surface area contributed by atoms with Crippen LogP contribution < -0.4 is 10.0 Å². The standard InChI is InChI=1S/C14H24N2O2/c1-10-7-12(13(17)18)11(2)16(10)9-14(3,4)8-15(5)6/h7H,8-9H2,1-6H3,(H,17,18). The number of nitrogens with one attached hydrogen (secondary N) is 1. The van der Waals surface area contributed by atoms with E-state index in [0.717, 1.165) is 24.5 Å². The number of aryl methyl sites for hydroxylation is 1. The summed E-state index contributed by atoms with van der Waals surface area (Å²) in [6, 6.07) is 1.70. The molecular formula is C14H24N2O2. The van der Waals surface area contributed by atoms with Gasteiger partial charge >= 0.3 is 0 Å². The van der Waals surface area contributed by atoms with Crippen LogP contribution in [0.3, 0.4) is 0 Å². The molecule has 0 amide bonds. The van der Waals surface area contributed by atoms with Crippen LogP contribution in [0.15, 0.2) is 6.07 Å². The third-order valence-corrected chi connectivity index (χ3v) is 3.21. The normalized spacial score (nSPS) is 12.2. The minimum absolute atomic E-state index is 0.122. The van der Waals surface area contributed by atoms with Gasteiger partial charge in [-0.1, -0.05) is 13.8 Å². The van der Waals surface area contributed by atoms with Gasteiger partial charge in [0.1, 0.15) is 0 Å². The van der Waals surface area contributed by atoms with Gasteiger partial charge in [0, 0.05) is 28.9 Å². The molecule has 0 aromatic carbocycles. The predicted molar refractivity (Wildman–Crippen MR) is 69.7 cm³/mol. The van der Waals surface area contributed by atoms with Crippen LogP contribution in [0.4, 0.5) is 0 Å². The minimum atomic E-state index is -1.09. The summed E-state index contributed by atoms with van der Waals surface area (Å²) in [5.41, 5.74) is 2.19. The number of carboxylic acid groups (broad SMARTS) is 1. The third-order valence-electron chi connectivity index (χ3n) is 3.21. The molecule has 0 unspecified atom stereocenters. The van der Waals surface area contributed by atoms with Crippen molar-refractivity contribution < 1.29 is 14.8 Å².